The first-order valence-corrected chi connectivity index (χ1v) is 6.61. The van der Waals surface area contributed by atoms with Crippen LogP contribution in [0.2, 0.25) is 0 Å². The number of H-pyrrole nitrogens is 1. The summed E-state index contributed by atoms with van der Waals surface area (Å²) in [5.74, 6) is 0. The molecule has 0 spiro atoms. The van der Waals surface area contributed by atoms with Crippen molar-refractivity contribution in [3.8, 4) is 11.3 Å². The first kappa shape index (κ1) is 13.4. The number of rotatable bonds is 2. The van der Waals surface area contributed by atoms with Gasteiger partial charge in [0.25, 0.3) is 5.69 Å². The number of pyridine rings is 1. The lowest BCUT2D eigenvalue weighted by Gasteiger charge is -2.07. The van der Waals surface area contributed by atoms with E-state index in [2.05, 4.69) is 17.6 Å². The number of para-hydroxylation sites is 1. The highest BCUT2D eigenvalue weighted by Gasteiger charge is 2.12. The molecule has 0 aliphatic rings. The molecule has 2 aromatic carbocycles. The van der Waals surface area contributed by atoms with Crippen LogP contribution in [0.25, 0.3) is 22.2 Å². The molecule has 0 saturated heterocycles. The quantitative estimate of drug-likeness (QED) is 0.432. The van der Waals surface area contributed by atoms with Crippen LogP contribution in [0.1, 0.15) is 0 Å². The van der Waals surface area contributed by atoms with Gasteiger partial charge >= 0.3 is 0 Å². The average molecular weight is 298 g/mol. The highest BCUT2D eigenvalue weighted by atomic mass is 32.1. The second kappa shape index (κ2) is 5.06. The van der Waals surface area contributed by atoms with Gasteiger partial charge < -0.3 is 4.98 Å². The number of benzene rings is 2. The summed E-state index contributed by atoms with van der Waals surface area (Å²) in [4.78, 5) is 26.0. The molecule has 0 atom stereocenters. The average Bonchev–Trinajstić information content (AvgIpc) is 2.51. The van der Waals surface area contributed by atoms with Crippen molar-refractivity contribution in [1.29, 1.82) is 0 Å². The molecule has 0 radical (unpaired) electrons. The maximum absolute atomic E-state index is 12.3. The van der Waals surface area contributed by atoms with Crippen LogP contribution in [0.15, 0.2) is 58.2 Å². The van der Waals surface area contributed by atoms with Gasteiger partial charge in [0, 0.05) is 23.0 Å². The predicted molar refractivity (Wildman–Crippen MR) is 83.9 cm³/mol. The number of hydrogen-bond acceptors (Lipinski definition) is 4. The van der Waals surface area contributed by atoms with Crippen LogP contribution in [0.3, 0.4) is 0 Å². The fourth-order valence-corrected chi connectivity index (χ4v) is 2.49. The molecule has 0 fully saturated rings. The summed E-state index contributed by atoms with van der Waals surface area (Å²) in [6.07, 6.45) is 0. The van der Waals surface area contributed by atoms with Gasteiger partial charge in [-0.3, -0.25) is 14.9 Å². The number of aromatic amines is 1. The van der Waals surface area contributed by atoms with Crippen molar-refractivity contribution in [2.24, 2.45) is 0 Å². The molecule has 3 rings (SSSR count). The Kier molecular flexibility index (Phi) is 3.23. The van der Waals surface area contributed by atoms with E-state index in [1.54, 1.807) is 30.3 Å². The van der Waals surface area contributed by atoms with Crippen molar-refractivity contribution in [3.05, 3.63) is 68.9 Å². The van der Waals surface area contributed by atoms with Crippen molar-refractivity contribution >= 4 is 29.2 Å². The van der Waals surface area contributed by atoms with E-state index in [1.165, 1.54) is 12.1 Å². The zero-order chi connectivity index (χ0) is 15.0. The second-order valence-corrected chi connectivity index (χ2v) is 4.97. The summed E-state index contributed by atoms with van der Waals surface area (Å²) in [6, 6.07) is 13.1. The van der Waals surface area contributed by atoms with Crippen molar-refractivity contribution in [2.75, 3.05) is 0 Å². The monoisotopic (exact) mass is 298 g/mol. The van der Waals surface area contributed by atoms with Crippen LogP contribution in [-0.4, -0.2) is 9.91 Å². The summed E-state index contributed by atoms with van der Waals surface area (Å²) in [7, 11) is 0. The van der Waals surface area contributed by atoms with E-state index < -0.39 is 4.92 Å². The normalized spacial score (nSPS) is 10.7. The zero-order valence-corrected chi connectivity index (χ0v) is 11.6. The van der Waals surface area contributed by atoms with Crippen LogP contribution >= 0.6 is 12.6 Å². The molecule has 0 aliphatic heterocycles. The van der Waals surface area contributed by atoms with E-state index in [9.17, 15) is 14.9 Å². The standard InChI is InChI=1S/C15H10N2O3S/c18-14-11-3-1-2-4-12(11)16-13(15(14)21)9-5-7-10(8-6-9)17(19)20/h1-8,21H,(H,16,18). The lowest BCUT2D eigenvalue weighted by atomic mass is 10.1. The molecular formula is C15H10N2O3S. The molecule has 1 heterocycles. The fraction of sp³-hybridized carbons (Fsp3) is 0. The Morgan fingerprint density at radius 2 is 1.71 bits per heavy atom. The number of thiol groups is 1. The Morgan fingerprint density at radius 1 is 1.05 bits per heavy atom. The van der Waals surface area contributed by atoms with Gasteiger partial charge in [-0.2, -0.15) is 0 Å². The molecule has 6 heteroatoms. The Balaban J connectivity index is 2.22. The van der Waals surface area contributed by atoms with E-state index in [1.807, 2.05) is 6.07 Å². The van der Waals surface area contributed by atoms with Gasteiger partial charge in [-0.15, -0.1) is 12.6 Å². The van der Waals surface area contributed by atoms with E-state index in [0.29, 0.717) is 27.1 Å². The lowest BCUT2D eigenvalue weighted by molar-refractivity contribution is -0.384. The third-order valence-electron chi connectivity index (χ3n) is 3.25. The first-order valence-electron chi connectivity index (χ1n) is 6.17. The van der Waals surface area contributed by atoms with E-state index in [0.717, 1.165) is 0 Å². The highest BCUT2D eigenvalue weighted by Crippen LogP contribution is 2.26. The van der Waals surface area contributed by atoms with Gasteiger partial charge in [0.15, 0.2) is 0 Å². The fourth-order valence-electron chi connectivity index (χ4n) is 2.18. The van der Waals surface area contributed by atoms with Crippen LogP contribution in [0.4, 0.5) is 5.69 Å². The van der Waals surface area contributed by atoms with Gasteiger partial charge in [0.2, 0.25) is 5.43 Å². The number of hydrogen-bond donors (Lipinski definition) is 2. The zero-order valence-electron chi connectivity index (χ0n) is 10.7. The van der Waals surface area contributed by atoms with Crippen LogP contribution in [0.5, 0.6) is 0 Å². The van der Waals surface area contributed by atoms with Gasteiger partial charge in [0.1, 0.15) is 0 Å². The number of nitrogens with zero attached hydrogens (tertiary/aromatic N) is 1. The SMILES string of the molecule is O=c1c(S)c(-c2ccc([N+](=O)[O-])cc2)[nH]c2ccccc12. The molecule has 21 heavy (non-hydrogen) atoms. The number of nitro benzene ring substituents is 1. The van der Waals surface area contributed by atoms with Gasteiger partial charge in [0.05, 0.1) is 15.5 Å². The minimum absolute atomic E-state index is 0.00241. The summed E-state index contributed by atoms with van der Waals surface area (Å²) < 4.78 is 0. The number of fused-ring (bicyclic) bond motifs is 1. The third-order valence-corrected chi connectivity index (χ3v) is 3.68. The summed E-state index contributed by atoms with van der Waals surface area (Å²) in [6.45, 7) is 0. The van der Waals surface area contributed by atoms with E-state index in [-0.39, 0.29) is 11.1 Å². The largest absolute Gasteiger partial charge is 0.353 e. The Bertz CT molecular complexity index is 901. The van der Waals surface area contributed by atoms with Crippen LogP contribution in [0, 0.1) is 10.1 Å². The number of nitro groups is 1. The van der Waals surface area contributed by atoms with E-state index >= 15 is 0 Å². The smallest absolute Gasteiger partial charge is 0.269 e. The molecule has 1 aromatic heterocycles. The Hall–Kier alpha value is -2.60. The van der Waals surface area contributed by atoms with Crippen LogP contribution in [-0.2, 0) is 0 Å². The lowest BCUT2D eigenvalue weighted by Crippen LogP contribution is -2.06. The first-order chi connectivity index (χ1) is 10.1. The maximum atomic E-state index is 12.3. The predicted octanol–water partition coefficient (Wildman–Crippen LogP) is 3.39. The molecule has 104 valence electrons. The number of nitrogens with one attached hydrogen (secondary N) is 1. The van der Waals surface area contributed by atoms with Gasteiger partial charge in [-0.25, -0.2) is 0 Å². The molecule has 5 nitrogen and oxygen atoms in total. The second-order valence-electron chi connectivity index (χ2n) is 4.53. The number of non-ortho nitro benzene ring substituents is 1. The summed E-state index contributed by atoms with van der Waals surface area (Å²) in [5.41, 5.74) is 1.77. The summed E-state index contributed by atoms with van der Waals surface area (Å²) in [5, 5.41) is 11.2. The molecule has 3 aromatic rings. The van der Waals surface area contributed by atoms with Gasteiger partial charge in [-0.05, 0) is 29.8 Å². The van der Waals surface area contributed by atoms with Crippen molar-refractivity contribution in [1.82, 2.24) is 4.98 Å². The van der Waals surface area contributed by atoms with Crippen molar-refractivity contribution < 1.29 is 4.92 Å². The molecule has 0 amide bonds. The molecule has 1 N–H and O–H groups in total. The van der Waals surface area contributed by atoms with E-state index in [4.69, 9.17) is 0 Å². The number of aromatic nitrogens is 1. The molecule has 0 bridgehead atoms. The minimum Gasteiger partial charge on any atom is -0.353 e. The van der Waals surface area contributed by atoms with Crippen molar-refractivity contribution in [2.45, 2.75) is 4.90 Å². The third kappa shape index (κ3) is 2.30. The molecule has 0 unspecified atom stereocenters. The summed E-state index contributed by atoms with van der Waals surface area (Å²) >= 11 is 4.29. The Labute approximate surface area is 124 Å². The minimum atomic E-state index is -0.464. The maximum Gasteiger partial charge on any atom is 0.269 e. The molecular weight excluding hydrogens is 288 g/mol. The van der Waals surface area contributed by atoms with Gasteiger partial charge in [-0.1, -0.05) is 12.1 Å². The highest BCUT2D eigenvalue weighted by molar-refractivity contribution is 7.80. The topological polar surface area (TPSA) is 76.0 Å². The van der Waals surface area contributed by atoms with Crippen LogP contribution < -0.4 is 5.43 Å². The molecule has 0 aliphatic carbocycles. The molecule has 0 saturated carbocycles. The Morgan fingerprint density at radius 3 is 2.38 bits per heavy atom. The van der Waals surface area contributed by atoms with Crippen molar-refractivity contribution in [3.63, 3.8) is 0 Å².